The average molecular weight is 399 g/mol. The van der Waals surface area contributed by atoms with Crippen LogP contribution in [0.2, 0.25) is 0 Å². The number of alkyl halides is 3. The van der Waals surface area contributed by atoms with E-state index < -0.39 is 6.36 Å². The monoisotopic (exact) mass is 399 g/mol. The van der Waals surface area contributed by atoms with Crippen molar-refractivity contribution in [3.05, 3.63) is 34.7 Å². The number of carbonyl (C=O) groups is 2. The summed E-state index contributed by atoms with van der Waals surface area (Å²) in [7, 11) is 0. The van der Waals surface area contributed by atoms with E-state index in [9.17, 15) is 22.8 Å². The topological polar surface area (TPSA) is 46.6 Å². The van der Waals surface area contributed by atoms with Crippen molar-refractivity contribution >= 4 is 29.0 Å². The molecular formula is C19H20F3NO3S. The number of carbonyl (C=O) groups excluding carboxylic acids is 2. The number of halogens is 3. The molecule has 2 aliphatic rings. The summed E-state index contributed by atoms with van der Waals surface area (Å²) in [6, 6.07) is 5.04. The molecule has 0 aromatic heterocycles. The Morgan fingerprint density at radius 2 is 1.78 bits per heavy atom. The van der Waals surface area contributed by atoms with Crippen molar-refractivity contribution in [2.24, 2.45) is 5.92 Å². The molecule has 1 aromatic carbocycles. The van der Waals surface area contributed by atoms with Crippen LogP contribution in [0.25, 0.3) is 6.08 Å². The predicted molar refractivity (Wildman–Crippen MR) is 97.0 cm³/mol. The Kier molecular flexibility index (Phi) is 5.83. The van der Waals surface area contributed by atoms with E-state index in [2.05, 4.69) is 4.74 Å². The van der Waals surface area contributed by atoms with Crippen molar-refractivity contribution in [2.45, 2.75) is 51.4 Å². The summed E-state index contributed by atoms with van der Waals surface area (Å²) in [5.41, 5.74) is 0.528. The van der Waals surface area contributed by atoms with E-state index in [0.29, 0.717) is 11.5 Å². The fourth-order valence-corrected chi connectivity index (χ4v) is 4.49. The summed E-state index contributed by atoms with van der Waals surface area (Å²) in [6.45, 7) is 1.92. The van der Waals surface area contributed by atoms with E-state index in [0.717, 1.165) is 37.4 Å². The number of thioether (sulfide) groups is 1. The number of rotatable bonds is 4. The molecule has 2 amide bonds. The van der Waals surface area contributed by atoms with Gasteiger partial charge in [0, 0.05) is 6.04 Å². The number of hydrogen-bond acceptors (Lipinski definition) is 4. The first-order valence-electron chi connectivity index (χ1n) is 8.87. The van der Waals surface area contributed by atoms with Gasteiger partial charge in [0.05, 0.1) is 4.91 Å². The van der Waals surface area contributed by atoms with Gasteiger partial charge in [-0.1, -0.05) is 31.4 Å². The summed E-state index contributed by atoms with van der Waals surface area (Å²) in [5, 5.41) is -0.290. The zero-order valence-electron chi connectivity index (χ0n) is 14.8. The van der Waals surface area contributed by atoms with Crippen molar-refractivity contribution in [2.75, 3.05) is 0 Å². The lowest BCUT2D eigenvalue weighted by molar-refractivity contribution is -0.274. The molecule has 1 aliphatic carbocycles. The Labute approximate surface area is 159 Å². The minimum absolute atomic E-state index is 0.147. The van der Waals surface area contributed by atoms with Gasteiger partial charge in [0.2, 0.25) is 0 Å². The lowest BCUT2D eigenvalue weighted by Crippen LogP contribution is -2.42. The highest BCUT2D eigenvalue weighted by atomic mass is 32.2. The van der Waals surface area contributed by atoms with Crippen LogP contribution in [-0.4, -0.2) is 28.5 Å². The molecule has 1 aromatic rings. The first kappa shape index (κ1) is 19.8. The largest absolute Gasteiger partial charge is 0.573 e. The third-order valence-corrected chi connectivity index (χ3v) is 5.86. The number of hydrogen-bond donors (Lipinski definition) is 0. The van der Waals surface area contributed by atoms with Gasteiger partial charge in [0.25, 0.3) is 11.1 Å². The summed E-state index contributed by atoms with van der Waals surface area (Å²) < 4.78 is 40.5. The first-order chi connectivity index (χ1) is 12.7. The van der Waals surface area contributed by atoms with Crippen LogP contribution in [0.1, 0.15) is 44.6 Å². The van der Waals surface area contributed by atoms with Crippen LogP contribution in [0.15, 0.2) is 29.2 Å². The fourth-order valence-electron chi connectivity index (χ4n) is 3.58. The van der Waals surface area contributed by atoms with Gasteiger partial charge in [-0.25, -0.2) is 0 Å². The van der Waals surface area contributed by atoms with Crippen molar-refractivity contribution in [3.8, 4) is 5.75 Å². The van der Waals surface area contributed by atoms with E-state index >= 15 is 0 Å². The Hall–Kier alpha value is -1.96. The highest BCUT2D eigenvalue weighted by molar-refractivity contribution is 8.18. The Morgan fingerprint density at radius 3 is 2.37 bits per heavy atom. The molecule has 1 atom stereocenters. The smallest absolute Gasteiger partial charge is 0.406 e. The fraction of sp³-hybridized carbons (Fsp3) is 0.474. The molecule has 4 nitrogen and oxygen atoms in total. The molecule has 8 heteroatoms. The minimum Gasteiger partial charge on any atom is -0.406 e. The Balaban J connectivity index is 1.72. The van der Waals surface area contributed by atoms with Gasteiger partial charge in [-0.3, -0.25) is 14.5 Å². The Bertz CT molecular complexity index is 740. The summed E-state index contributed by atoms with van der Waals surface area (Å²) in [4.78, 5) is 26.7. The SMILES string of the molecule is CC(C1CCCCC1)N1C(=O)S/C(=C/c2ccc(OC(F)(F)F)cc2)C1=O. The summed E-state index contributed by atoms with van der Waals surface area (Å²) in [5.74, 6) is -0.345. The quantitative estimate of drug-likeness (QED) is 0.619. The molecule has 146 valence electrons. The van der Waals surface area contributed by atoms with Gasteiger partial charge >= 0.3 is 6.36 Å². The van der Waals surface area contributed by atoms with Crippen molar-refractivity contribution in [1.29, 1.82) is 0 Å². The molecule has 27 heavy (non-hydrogen) atoms. The van der Waals surface area contributed by atoms with Crippen LogP contribution in [0, 0.1) is 5.92 Å². The lowest BCUT2D eigenvalue weighted by atomic mass is 9.84. The molecule has 0 N–H and O–H groups in total. The van der Waals surface area contributed by atoms with Crippen LogP contribution in [0.5, 0.6) is 5.75 Å². The summed E-state index contributed by atoms with van der Waals surface area (Å²) in [6.07, 6.45) is 2.24. The van der Waals surface area contributed by atoms with Gasteiger partial charge in [-0.2, -0.15) is 0 Å². The molecule has 1 saturated heterocycles. The second-order valence-corrected chi connectivity index (χ2v) is 7.80. The highest BCUT2D eigenvalue weighted by Crippen LogP contribution is 2.38. The Morgan fingerprint density at radius 1 is 1.15 bits per heavy atom. The second kappa shape index (κ2) is 7.96. The highest BCUT2D eigenvalue weighted by Gasteiger charge is 2.40. The van der Waals surface area contributed by atoms with Gasteiger partial charge in [-0.05, 0) is 61.2 Å². The molecule has 0 radical (unpaired) electrons. The molecule has 0 spiro atoms. The van der Waals surface area contributed by atoms with E-state index in [1.54, 1.807) is 0 Å². The number of imide groups is 1. The van der Waals surface area contributed by atoms with E-state index in [-0.39, 0.29) is 27.8 Å². The number of benzene rings is 1. The van der Waals surface area contributed by atoms with Crippen LogP contribution < -0.4 is 4.74 Å². The van der Waals surface area contributed by atoms with Crippen molar-refractivity contribution in [1.82, 2.24) is 4.90 Å². The molecule has 1 unspecified atom stereocenters. The number of ether oxygens (including phenoxy) is 1. The van der Waals surface area contributed by atoms with E-state index in [1.165, 1.54) is 41.7 Å². The lowest BCUT2D eigenvalue weighted by Gasteiger charge is -2.32. The van der Waals surface area contributed by atoms with E-state index in [1.807, 2.05) is 6.92 Å². The minimum atomic E-state index is -4.75. The maximum absolute atomic E-state index is 12.7. The van der Waals surface area contributed by atoms with Crippen LogP contribution in [-0.2, 0) is 4.79 Å². The maximum atomic E-state index is 12.7. The third kappa shape index (κ3) is 4.86. The number of nitrogens with zero attached hydrogens (tertiary/aromatic N) is 1. The second-order valence-electron chi connectivity index (χ2n) is 6.81. The zero-order valence-corrected chi connectivity index (χ0v) is 15.6. The van der Waals surface area contributed by atoms with Crippen LogP contribution in [0.3, 0.4) is 0 Å². The van der Waals surface area contributed by atoms with Gasteiger partial charge < -0.3 is 4.74 Å². The molecule has 1 heterocycles. The first-order valence-corrected chi connectivity index (χ1v) is 9.69. The standard InChI is InChI=1S/C19H20F3NO3S/c1-12(14-5-3-2-4-6-14)23-17(24)16(27-18(23)25)11-13-7-9-15(10-8-13)26-19(20,21)22/h7-12,14H,2-6H2,1H3/b16-11+. The van der Waals surface area contributed by atoms with Crippen molar-refractivity contribution < 1.29 is 27.5 Å². The van der Waals surface area contributed by atoms with E-state index in [4.69, 9.17) is 0 Å². The molecule has 2 fully saturated rings. The van der Waals surface area contributed by atoms with Gasteiger partial charge in [0.1, 0.15) is 5.75 Å². The normalized spacial score (nSPS) is 21.8. The third-order valence-electron chi connectivity index (χ3n) is 4.97. The molecule has 3 rings (SSSR count). The molecular weight excluding hydrogens is 379 g/mol. The van der Waals surface area contributed by atoms with Crippen LogP contribution in [0.4, 0.5) is 18.0 Å². The van der Waals surface area contributed by atoms with Crippen molar-refractivity contribution in [3.63, 3.8) is 0 Å². The van der Waals surface area contributed by atoms with Gasteiger partial charge in [0.15, 0.2) is 0 Å². The average Bonchev–Trinajstić information content (AvgIpc) is 2.89. The molecule has 1 saturated carbocycles. The predicted octanol–water partition coefficient (Wildman–Crippen LogP) is 5.59. The molecule has 1 aliphatic heterocycles. The van der Waals surface area contributed by atoms with Gasteiger partial charge in [-0.15, -0.1) is 13.2 Å². The summed E-state index contributed by atoms with van der Waals surface area (Å²) >= 11 is 0.870. The number of amides is 2. The molecule has 0 bridgehead atoms. The van der Waals surface area contributed by atoms with Crippen LogP contribution >= 0.6 is 11.8 Å². The maximum Gasteiger partial charge on any atom is 0.573 e. The zero-order chi connectivity index (χ0) is 19.6.